The fraction of sp³-hybridized carbons (Fsp3) is 0.172. The SMILES string of the molecule is Cc1ccc(C(c2ccccc2)(c2ccccc2)c2ccc(C)c(C)c2)c(C)c1. The molecule has 0 saturated carbocycles. The summed E-state index contributed by atoms with van der Waals surface area (Å²) in [5.74, 6) is 0. The second-order valence-corrected chi connectivity index (χ2v) is 8.10. The molecule has 0 N–H and O–H groups in total. The van der Waals surface area contributed by atoms with E-state index in [1.165, 1.54) is 44.5 Å². The van der Waals surface area contributed by atoms with E-state index in [0.29, 0.717) is 0 Å². The summed E-state index contributed by atoms with van der Waals surface area (Å²) in [6.07, 6.45) is 0. The zero-order chi connectivity index (χ0) is 20.4. The number of rotatable bonds is 4. The van der Waals surface area contributed by atoms with Crippen molar-refractivity contribution < 1.29 is 0 Å². The lowest BCUT2D eigenvalue weighted by Gasteiger charge is -2.38. The van der Waals surface area contributed by atoms with Crippen molar-refractivity contribution in [1.82, 2.24) is 0 Å². The van der Waals surface area contributed by atoms with Gasteiger partial charge < -0.3 is 0 Å². The summed E-state index contributed by atoms with van der Waals surface area (Å²) < 4.78 is 0. The minimum atomic E-state index is -0.362. The topological polar surface area (TPSA) is 0 Å². The molecule has 0 nitrogen and oxygen atoms in total. The van der Waals surface area contributed by atoms with Crippen molar-refractivity contribution in [3.63, 3.8) is 0 Å². The Hall–Kier alpha value is -3.12. The zero-order valence-corrected chi connectivity index (χ0v) is 17.7. The summed E-state index contributed by atoms with van der Waals surface area (Å²) in [5, 5.41) is 0. The standard InChI is InChI=1S/C29H28/c1-21-15-18-28(24(4)19-21)29(25-11-7-5-8-12-25,26-13-9-6-10-14-26)27-17-16-22(2)23(3)20-27/h5-20H,1-4H3. The van der Waals surface area contributed by atoms with Crippen LogP contribution in [0.2, 0.25) is 0 Å². The summed E-state index contributed by atoms with van der Waals surface area (Å²) in [4.78, 5) is 0. The molecule has 0 saturated heterocycles. The molecule has 0 radical (unpaired) electrons. The van der Waals surface area contributed by atoms with E-state index < -0.39 is 0 Å². The molecule has 0 aliphatic heterocycles. The van der Waals surface area contributed by atoms with Gasteiger partial charge in [-0.15, -0.1) is 0 Å². The second-order valence-electron chi connectivity index (χ2n) is 8.10. The van der Waals surface area contributed by atoms with E-state index in [1.54, 1.807) is 0 Å². The van der Waals surface area contributed by atoms with E-state index in [-0.39, 0.29) is 5.41 Å². The molecule has 0 aliphatic rings. The Morgan fingerprint density at radius 3 is 1.55 bits per heavy atom. The smallest absolute Gasteiger partial charge is 0.0622 e. The summed E-state index contributed by atoms with van der Waals surface area (Å²) in [6.45, 7) is 8.80. The van der Waals surface area contributed by atoms with E-state index >= 15 is 0 Å². The van der Waals surface area contributed by atoms with Gasteiger partial charge in [-0.05, 0) is 66.6 Å². The molecule has 29 heavy (non-hydrogen) atoms. The average molecular weight is 377 g/mol. The first-order valence-corrected chi connectivity index (χ1v) is 10.3. The van der Waals surface area contributed by atoms with Gasteiger partial charge in [0, 0.05) is 0 Å². The van der Waals surface area contributed by atoms with Gasteiger partial charge >= 0.3 is 0 Å². The lowest BCUT2D eigenvalue weighted by atomic mass is 9.63. The molecule has 0 unspecified atom stereocenters. The maximum Gasteiger partial charge on any atom is 0.0704 e. The number of hydrogen-bond donors (Lipinski definition) is 0. The first-order valence-electron chi connectivity index (χ1n) is 10.3. The van der Waals surface area contributed by atoms with Crippen LogP contribution in [-0.2, 0) is 5.41 Å². The van der Waals surface area contributed by atoms with Crippen LogP contribution >= 0.6 is 0 Å². The molecule has 144 valence electrons. The van der Waals surface area contributed by atoms with Crippen molar-refractivity contribution in [1.29, 1.82) is 0 Å². The van der Waals surface area contributed by atoms with E-state index in [4.69, 9.17) is 0 Å². The van der Waals surface area contributed by atoms with Crippen molar-refractivity contribution in [2.24, 2.45) is 0 Å². The summed E-state index contributed by atoms with van der Waals surface area (Å²) in [7, 11) is 0. The number of benzene rings is 4. The molecule has 0 heterocycles. The Morgan fingerprint density at radius 2 is 1.03 bits per heavy atom. The van der Waals surface area contributed by atoms with E-state index in [0.717, 1.165) is 0 Å². The first kappa shape index (κ1) is 19.2. The summed E-state index contributed by atoms with van der Waals surface area (Å²) in [6, 6.07) is 35.7. The second kappa shape index (κ2) is 7.72. The van der Waals surface area contributed by atoms with Gasteiger partial charge in [0.25, 0.3) is 0 Å². The van der Waals surface area contributed by atoms with Gasteiger partial charge in [-0.25, -0.2) is 0 Å². The van der Waals surface area contributed by atoms with E-state index in [2.05, 4.69) is 125 Å². The van der Waals surface area contributed by atoms with Crippen LogP contribution in [0.4, 0.5) is 0 Å². The normalized spacial score (nSPS) is 11.4. The van der Waals surface area contributed by atoms with Crippen molar-refractivity contribution in [3.05, 3.63) is 142 Å². The highest BCUT2D eigenvalue weighted by molar-refractivity contribution is 5.62. The van der Waals surface area contributed by atoms with Crippen molar-refractivity contribution in [2.75, 3.05) is 0 Å². The van der Waals surface area contributed by atoms with Crippen LogP contribution in [0.25, 0.3) is 0 Å². The lowest BCUT2D eigenvalue weighted by molar-refractivity contribution is 0.736. The van der Waals surface area contributed by atoms with E-state index in [1.807, 2.05) is 0 Å². The molecule has 0 spiro atoms. The van der Waals surface area contributed by atoms with Gasteiger partial charge in [0.2, 0.25) is 0 Å². The molecule has 0 heteroatoms. The molecule has 4 aromatic rings. The molecule has 4 rings (SSSR count). The van der Waals surface area contributed by atoms with Crippen LogP contribution < -0.4 is 0 Å². The average Bonchev–Trinajstić information content (AvgIpc) is 2.74. The quantitative estimate of drug-likeness (QED) is 0.328. The molecule has 0 amide bonds. The molecule has 0 fully saturated rings. The summed E-state index contributed by atoms with van der Waals surface area (Å²) >= 11 is 0. The van der Waals surface area contributed by atoms with Gasteiger partial charge in [-0.1, -0.05) is 103 Å². The fourth-order valence-corrected chi connectivity index (χ4v) is 4.55. The Kier molecular flexibility index (Phi) is 5.11. The van der Waals surface area contributed by atoms with Crippen LogP contribution in [0.3, 0.4) is 0 Å². The highest BCUT2D eigenvalue weighted by atomic mass is 14.4. The Balaban J connectivity index is 2.18. The highest BCUT2D eigenvalue weighted by Gasteiger charge is 2.39. The van der Waals surface area contributed by atoms with Gasteiger partial charge in [0.05, 0.1) is 5.41 Å². The van der Waals surface area contributed by atoms with E-state index in [9.17, 15) is 0 Å². The molecular weight excluding hydrogens is 348 g/mol. The van der Waals surface area contributed by atoms with Crippen LogP contribution in [-0.4, -0.2) is 0 Å². The maximum absolute atomic E-state index is 2.37. The first-order chi connectivity index (χ1) is 14.0. The highest BCUT2D eigenvalue weighted by Crippen LogP contribution is 2.46. The maximum atomic E-state index is 2.37. The molecule has 0 aliphatic carbocycles. The third-order valence-electron chi connectivity index (χ3n) is 6.14. The largest absolute Gasteiger partial charge is 0.0704 e. The zero-order valence-electron chi connectivity index (χ0n) is 17.7. The fourth-order valence-electron chi connectivity index (χ4n) is 4.55. The molecule has 0 aromatic heterocycles. The molecule has 4 aromatic carbocycles. The van der Waals surface area contributed by atoms with Crippen molar-refractivity contribution >= 4 is 0 Å². The molecular formula is C29H28. The predicted octanol–water partition coefficient (Wildman–Crippen LogP) is 7.30. The number of aryl methyl sites for hydroxylation is 4. The molecule has 0 atom stereocenters. The van der Waals surface area contributed by atoms with Gasteiger partial charge in [0.15, 0.2) is 0 Å². The number of hydrogen-bond acceptors (Lipinski definition) is 0. The van der Waals surface area contributed by atoms with Gasteiger partial charge in [-0.2, -0.15) is 0 Å². The van der Waals surface area contributed by atoms with Gasteiger partial charge in [0.1, 0.15) is 0 Å². The minimum absolute atomic E-state index is 0.362. The lowest BCUT2D eigenvalue weighted by Crippen LogP contribution is -2.32. The van der Waals surface area contributed by atoms with Crippen LogP contribution in [0.1, 0.15) is 44.5 Å². The van der Waals surface area contributed by atoms with Crippen molar-refractivity contribution in [2.45, 2.75) is 33.1 Å². The van der Waals surface area contributed by atoms with Crippen LogP contribution in [0, 0.1) is 27.7 Å². The van der Waals surface area contributed by atoms with Crippen molar-refractivity contribution in [3.8, 4) is 0 Å². The summed E-state index contributed by atoms with van der Waals surface area (Å²) in [5.41, 5.74) is 10.1. The monoisotopic (exact) mass is 376 g/mol. The Bertz CT molecular complexity index is 1080. The third-order valence-corrected chi connectivity index (χ3v) is 6.14. The Labute approximate surface area is 174 Å². The predicted molar refractivity (Wildman–Crippen MR) is 124 cm³/mol. The molecule has 0 bridgehead atoms. The third kappa shape index (κ3) is 3.29. The Morgan fingerprint density at radius 1 is 0.448 bits per heavy atom. The van der Waals surface area contributed by atoms with Crippen LogP contribution in [0.15, 0.2) is 97.1 Å². The van der Waals surface area contributed by atoms with Crippen LogP contribution in [0.5, 0.6) is 0 Å². The minimum Gasteiger partial charge on any atom is -0.0622 e. The van der Waals surface area contributed by atoms with Gasteiger partial charge in [-0.3, -0.25) is 0 Å².